The Balaban J connectivity index is 2.02. The number of likely N-dealkylation sites (tertiary alicyclic amines) is 1. The van der Waals surface area contributed by atoms with Crippen LogP contribution in [-0.2, 0) is 11.3 Å². The molecule has 1 aliphatic rings. The van der Waals surface area contributed by atoms with Gasteiger partial charge < -0.3 is 10.2 Å². The van der Waals surface area contributed by atoms with Gasteiger partial charge in [0, 0.05) is 31.3 Å². The van der Waals surface area contributed by atoms with E-state index in [0.717, 1.165) is 49.7 Å². The zero-order chi connectivity index (χ0) is 15.2. The highest BCUT2D eigenvalue weighted by Gasteiger charge is 2.29. The number of aryl methyl sites for hydroxylation is 1. The molecule has 0 saturated carbocycles. The van der Waals surface area contributed by atoms with Gasteiger partial charge in [-0.2, -0.15) is 0 Å². The van der Waals surface area contributed by atoms with Gasteiger partial charge in [0.15, 0.2) is 0 Å². The minimum absolute atomic E-state index is 0.238. The van der Waals surface area contributed by atoms with Gasteiger partial charge in [-0.05, 0) is 25.7 Å². The lowest BCUT2D eigenvalue weighted by Crippen LogP contribution is -2.26. The molecule has 1 unspecified atom stereocenters. The first-order valence-corrected chi connectivity index (χ1v) is 7.98. The fourth-order valence-corrected chi connectivity index (χ4v) is 2.82. The van der Waals surface area contributed by atoms with Gasteiger partial charge in [-0.25, -0.2) is 9.97 Å². The Morgan fingerprint density at radius 1 is 1.33 bits per heavy atom. The average Bonchev–Trinajstić information content (AvgIpc) is 2.76. The van der Waals surface area contributed by atoms with E-state index >= 15 is 0 Å². The molecule has 2 rings (SSSR count). The van der Waals surface area contributed by atoms with E-state index in [1.807, 2.05) is 17.9 Å². The molecule has 1 aliphatic heterocycles. The van der Waals surface area contributed by atoms with Crippen LogP contribution in [0.25, 0.3) is 0 Å². The molecule has 2 heterocycles. The third kappa shape index (κ3) is 4.41. The Morgan fingerprint density at radius 3 is 2.86 bits per heavy atom. The highest BCUT2D eigenvalue weighted by molar-refractivity contribution is 5.78. The summed E-state index contributed by atoms with van der Waals surface area (Å²) in [7, 11) is 0. The maximum absolute atomic E-state index is 12.1. The van der Waals surface area contributed by atoms with Crippen LogP contribution in [0.3, 0.4) is 0 Å². The molecule has 1 fully saturated rings. The van der Waals surface area contributed by atoms with E-state index in [0.29, 0.717) is 18.9 Å². The first-order valence-electron chi connectivity index (χ1n) is 7.98. The number of amides is 1. The van der Waals surface area contributed by atoms with E-state index in [1.165, 1.54) is 0 Å². The lowest BCUT2D eigenvalue weighted by molar-refractivity contribution is -0.128. The molecule has 0 bridgehead atoms. The molecule has 5 nitrogen and oxygen atoms in total. The Morgan fingerprint density at radius 2 is 2.14 bits per heavy atom. The fraction of sp³-hybridized carbons (Fsp3) is 0.688. The molecule has 1 aromatic rings. The molecule has 0 aliphatic carbocycles. The van der Waals surface area contributed by atoms with Crippen LogP contribution in [0.1, 0.15) is 51.0 Å². The highest BCUT2D eigenvalue weighted by atomic mass is 16.2. The summed E-state index contributed by atoms with van der Waals surface area (Å²) in [6.45, 7) is 8.54. The SMILES string of the molecule is CCCNc1cc(C)nc(CN2CC(CCC)CC2=O)n1. The van der Waals surface area contributed by atoms with E-state index < -0.39 is 0 Å². The van der Waals surface area contributed by atoms with Gasteiger partial charge >= 0.3 is 0 Å². The second-order valence-electron chi connectivity index (χ2n) is 5.87. The van der Waals surface area contributed by atoms with Gasteiger partial charge in [-0.3, -0.25) is 4.79 Å². The molecule has 1 atom stereocenters. The molecule has 0 aromatic carbocycles. The summed E-state index contributed by atoms with van der Waals surface area (Å²) >= 11 is 0. The zero-order valence-electron chi connectivity index (χ0n) is 13.4. The smallest absolute Gasteiger partial charge is 0.223 e. The Kier molecular flexibility index (Phi) is 5.53. The maximum atomic E-state index is 12.1. The molecule has 1 amide bonds. The van der Waals surface area contributed by atoms with E-state index in [9.17, 15) is 4.79 Å². The van der Waals surface area contributed by atoms with Gasteiger partial charge in [0.1, 0.15) is 11.6 Å². The van der Waals surface area contributed by atoms with Crippen LogP contribution in [-0.4, -0.2) is 33.9 Å². The molecule has 116 valence electrons. The Bertz CT molecular complexity index is 489. The fourth-order valence-electron chi connectivity index (χ4n) is 2.82. The predicted molar refractivity (Wildman–Crippen MR) is 84.0 cm³/mol. The number of hydrogen-bond donors (Lipinski definition) is 1. The molecule has 1 aromatic heterocycles. The van der Waals surface area contributed by atoms with Crippen molar-refractivity contribution in [1.82, 2.24) is 14.9 Å². The molecular formula is C16H26N4O. The average molecular weight is 290 g/mol. The highest BCUT2D eigenvalue weighted by Crippen LogP contribution is 2.23. The number of rotatable bonds is 7. The Hall–Kier alpha value is -1.65. The van der Waals surface area contributed by atoms with Crippen molar-refractivity contribution >= 4 is 11.7 Å². The molecule has 0 spiro atoms. The monoisotopic (exact) mass is 290 g/mol. The van der Waals surface area contributed by atoms with Crippen molar-refractivity contribution in [3.8, 4) is 0 Å². The summed E-state index contributed by atoms with van der Waals surface area (Å²) in [6, 6.07) is 1.95. The minimum Gasteiger partial charge on any atom is -0.370 e. The summed E-state index contributed by atoms with van der Waals surface area (Å²) in [4.78, 5) is 23.0. The van der Waals surface area contributed by atoms with Crippen molar-refractivity contribution in [1.29, 1.82) is 0 Å². The topological polar surface area (TPSA) is 58.1 Å². The third-order valence-electron chi connectivity index (χ3n) is 3.78. The van der Waals surface area contributed by atoms with Gasteiger partial charge in [0.05, 0.1) is 6.54 Å². The number of nitrogens with zero attached hydrogens (tertiary/aromatic N) is 3. The summed E-state index contributed by atoms with van der Waals surface area (Å²) < 4.78 is 0. The van der Waals surface area contributed by atoms with E-state index in [-0.39, 0.29) is 5.91 Å². The van der Waals surface area contributed by atoms with Crippen LogP contribution < -0.4 is 5.32 Å². The van der Waals surface area contributed by atoms with Crippen molar-refractivity contribution in [2.45, 2.75) is 53.0 Å². The summed E-state index contributed by atoms with van der Waals surface area (Å²) in [6.07, 6.45) is 4.00. The molecule has 21 heavy (non-hydrogen) atoms. The number of nitrogens with one attached hydrogen (secondary N) is 1. The van der Waals surface area contributed by atoms with Crippen LogP contribution >= 0.6 is 0 Å². The van der Waals surface area contributed by atoms with E-state index in [2.05, 4.69) is 29.1 Å². The Labute approximate surface area is 127 Å². The third-order valence-corrected chi connectivity index (χ3v) is 3.78. The molecule has 5 heteroatoms. The van der Waals surface area contributed by atoms with Gasteiger partial charge in [-0.15, -0.1) is 0 Å². The van der Waals surface area contributed by atoms with Crippen LogP contribution in [0.5, 0.6) is 0 Å². The normalized spacial score (nSPS) is 18.3. The van der Waals surface area contributed by atoms with E-state index in [1.54, 1.807) is 0 Å². The van der Waals surface area contributed by atoms with Crippen LogP contribution in [0, 0.1) is 12.8 Å². The lowest BCUT2D eigenvalue weighted by atomic mass is 10.0. The largest absolute Gasteiger partial charge is 0.370 e. The second-order valence-corrected chi connectivity index (χ2v) is 5.87. The molecule has 0 radical (unpaired) electrons. The lowest BCUT2D eigenvalue weighted by Gasteiger charge is -2.16. The van der Waals surface area contributed by atoms with Crippen molar-refractivity contribution in [3.05, 3.63) is 17.6 Å². The minimum atomic E-state index is 0.238. The second kappa shape index (κ2) is 7.38. The molecular weight excluding hydrogens is 264 g/mol. The number of carbonyl (C=O) groups is 1. The first-order chi connectivity index (χ1) is 10.1. The zero-order valence-corrected chi connectivity index (χ0v) is 13.4. The van der Waals surface area contributed by atoms with E-state index in [4.69, 9.17) is 0 Å². The van der Waals surface area contributed by atoms with Crippen molar-refractivity contribution in [2.75, 3.05) is 18.4 Å². The van der Waals surface area contributed by atoms with Crippen LogP contribution in [0.4, 0.5) is 5.82 Å². The number of aromatic nitrogens is 2. The maximum Gasteiger partial charge on any atom is 0.223 e. The molecule has 1 saturated heterocycles. The predicted octanol–water partition coefficient (Wildman–Crippen LogP) is 2.76. The van der Waals surface area contributed by atoms with Gasteiger partial charge in [0.25, 0.3) is 0 Å². The number of hydrogen-bond acceptors (Lipinski definition) is 4. The van der Waals surface area contributed by atoms with Crippen LogP contribution in [0.15, 0.2) is 6.07 Å². The van der Waals surface area contributed by atoms with Crippen LogP contribution in [0.2, 0.25) is 0 Å². The van der Waals surface area contributed by atoms with Crippen molar-refractivity contribution in [2.24, 2.45) is 5.92 Å². The molecule has 1 N–H and O–H groups in total. The van der Waals surface area contributed by atoms with Crippen molar-refractivity contribution < 1.29 is 4.79 Å². The van der Waals surface area contributed by atoms with Gasteiger partial charge in [-0.1, -0.05) is 20.3 Å². The summed E-state index contributed by atoms with van der Waals surface area (Å²) in [5.41, 5.74) is 0.940. The standard InChI is InChI=1S/C16H26N4O/c1-4-6-13-9-16(21)20(10-13)11-15-18-12(3)8-14(19-15)17-7-5-2/h8,13H,4-7,9-11H2,1-3H3,(H,17,18,19). The number of anilines is 1. The first kappa shape index (κ1) is 15.7. The quantitative estimate of drug-likeness (QED) is 0.839. The number of carbonyl (C=O) groups excluding carboxylic acids is 1. The van der Waals surface area contributed by atoms with Crippen molar-refractivity contribution in [3.63, 3.8) is 0 Å². The summed E-state index contributed by atoms with van der Waals surface area (Å²) in [5, 5.41) is 3.29. The summed E-state index contributed by atoms with van der Waals surface area (Å²) in [5.74, 6) is 2.34. The van der Waals surface area contributed by atoms with Gasteiger partial charge in [0.2, 0.25) is 5.91 Å².